The number of pyridine rings is 1. The Balaban J connectivity index is 1.93. The van der Waals surface area contributed by atoms with Crippen molar-refractivity contribution in [2.24, 2.45) is 0 Å². The average Bonchev–Trinajstić information content (AvgIpc) is 3.22. The molecule has 1 aromatic heterocycles. The van der Waals surface area contributed by atoms with Gasteiger partial charge in [0.15, 0.2) is 0 Å². The maximum Gasteiger partial charge on any atom is 0.269 e. The van der Waals surface area contributed by atoms with Crippen LogP contribution in [0.25, 0.3) is 0 Å². The molecular weight excluding hydrogens is 256 g/mol. The average molecular weight is 276 g/mol. The van der Waals surface area contributed by atoms with E-state index >= 15 is 0 Å². The number of hydrogen-bond acceptors (Lipinski definition) is 4. The monoisotopic (exact) mass is 276 g/mol. The van der Waals surface area contributed by atoms with Gasteiger partial charge >= 0.3 is 0 Å². The van der Waals surface area contributed by atoms with Crippen molar-refractivity contribution in [1.82, 2.24) is 20.5 Å². The van der Waals surface area contributed by atoms with Crippen molar-refractivity contribution in [3.8, 4) is 0 Å². The molecule has 1 fully saturated rings. The third kappa shape index (κ3) is 4.31. The van der Waals surface area contributed by atoms with E-state index in [0.29, 0.717) is 18.2 Å². The van der Waals surface area contributed by atoms with Gasteiger partial charge in [-0.15, -0.1) is 0 Å². The Morgan fingerprint density at radius 3 is 2.75 bits per heavy atom. The van der Waals surface area contributed by atoms with Gasteiger partial charge in [-0.1, -0.05) is 0 Å². The molecule has 2 N–H and O–H groups in total. The third-order valence-electron chi connectivity index (χ3n) is 3.01. The molecule has 0 atom stereocenters. The molecule has 0 saturated heterocycles. The van der Waals surface area contributed by atoms with E-state index in [1.165, 1.54) is 12.3 Å². The smallest absolute Gasteiger partial charge is 0.269 e. The van der Waals surface area contributed by atoms with Crippen molar-refractivity contribution in [3.63, 3.8) is 0 Å². The summed E-state index contributed by atoms with van der Waals surface area (Å²) in [7, 11) is 3.88. The van der Waals surface area contributed by atoms with E-state index in [0.717, 1.165) is 19.4 Å². The molecule has 0 aliphatic heterocycles. The number of aromatic nitrogens is 1. The molecule has 108 valence electrons. The van der Waals surface area contributed by atoms with Crippen LogP contribution < -0.4 is 10.6 Å². The van der Waals surface area contributed by atoms with Gasteiger partial charge in [0.25, 0.3) is 11.8 Å². The van der Waals surface area contributed by atoms with Gasteiger partial charge in [-0.25, -0.2) is 0 Å². The first-order valence-corrected chi connectivity index (χ1v) is 6.76. The highest BCUT2D eigenvalue weighted by Crippen LogP contribution is 2.19. The van der Waals surface area contributed by atoms with Crippen molar-refractivity contribution in [1.29, 1.82) is 0 Å². The second-order valence-corrected chi connectivity index (χ2v) is 5.24. The summed E-state index contributed by atoms with van der Waals surface area (Å²) in [6.07, 6.45) is 3.56. The van der Waals surface area contributed by atoms with E-state index in [1.807, 2.05) is 19.0 Å². The first-order chi connectivity index (χ1) is 9.56. The van der Waals surface area contributed by atoms with Crippen LogP contribution in [0.1, 0.15) is 33.7 Å². The van der Waals surface area contributed by atoms with E-state index in [1.54, 1.807) is 6.07 Å². The second kappa shape index (κ2) is 6.47. The Labute approximate surface area is 118 Å². The molecule has 0 radical (unpaired) electrons. The summed E-state index contributed by atoms with van der Waals surface area (Å²) >= 11 is 0. The first-order valence-electron chi connectivity index (χ1n) is 6.76. The standard InChI is InChI=1S/C14H20N4O2/c1-18(2)8-7-16-14(20)12-9-10(5-6-15-12)13(19)17-11-3-4-11/h5-6,9,11H,3-4,7-8H2,1-2H3,(H,16,20)(H,17,19). The lowest BCUT2D eigenvalue weighted by molar-refractivity contribution is 0.0946. The highest BCUT2D eigenvalue weighted by Gasteiger charge is 2.24. The Morgan fingerprint density at radius 1 is 1.35 bits per heavy atom. The van der Waals surface area contributed by atoms with Gasteiger partial charge in [-0.3, -0.25) is 14.6 Å². The molecule has 1 saturated carbocycles. The minimum Gasteiger partial charge on any atom is -0.349 e. The minimum atomic E-state index is -0.257. The van der Waals surface area contributed by atoms with Gasteiger partial charge in [-0.2, -0.15) is 0 Å². The van der Waals surface area contributed by atoms with E-state index in [-0.39, 0.29) is 17.5 Å². The highest BCUT2D eigenvalue weighted by molar-refractivity contribution is 5.98. The number of carbonyl (C=O) groups excluding carboxylic acids is 2. The largest absolute Gasteiger partial charge is 0.349 e. The first kappa shape index (κ1) is 14.5. The third-order valence-corrected chi connectivity index (χ3v) is 3.01. The van der Waals surface area contributed by atoms with Gasteiger partial charge in [0.05, 0.1) is 0 Å². The second-order valence-electron chi connectivity index (χ2n) is 5.24. The van der Waals surface area contributed by atoms with Gasteiger partial charge in [0, 0.05) is 30.9 Å². The van der Waals surface area contributed by atoms with Crippen LogP contribution in [0.5, 0.6) is 0 Å². The van der Waals surface area contributed by atoms with Crippen LogP contribution in [0.3, 0.4) is 0 Å². The molecule has 1 aliphatic rings. The topological polar surface area (TPSA) is 74.3 Å². The van der Waals surface area contributed by atoms with Gasteiger partial charge in [0.1, 0.15) is 5.69 Å². The number of rotatable bonds is 6. The molecule has 1 aromatic rings. The zero-order chi connectivity index (χ0) is 14.5. The summed E-state index contributed by atoms with van der Waals surface area (Å²) in [5, 5.41) is 5.66. The number of nitrogens with one attached hydrogen (secondary N) is 2. The van der Waals surface area contributed by atoms with Crippen LogP contribution in [0.2, 0.25) is 0 Å². The maximum atomic E-state index is 11.9. The van der Waals surface area contributed by atoms with Crippen LogP contribution in [0.4, 0.5) is 0 Å². The number of hydrogen-bond donors (Lipinski definition) is 2. The number of nitrogens with zero attached hydrogens (tertiary/aromatic N) is 2. The molecule has 0 bridgehead atoms. The molecule has 1 aliphatic carbocycles. The molecule has 6 nitrogen and oxygen atoms in total. The van der Waals surface area contributed by atoms with Crippen molar-refractivity contribution in [2.75, 3.05) is 27.2 Å². The Morgan fingerprint density at radius 2 is 2.10 bits per heavy atom. The minimum absolute atomic E-state index is 0.141. The predicted octanol–water partition coefficient (Wildman–Crippen LogP) is 0.265. The van der Waals surface area contributed by atoms with Gasteiger partial charge < -0.3 is 15.5 Å². The summed E-state index contributed by atoms with van der Waals surface area (Å²) < 4.78 is 0. The quantitative estimate of drug-likeness (QED) is 0.782. The van der Waals surface area contributed by atoms with E-state index in [4.69, 9.17) is 0 Å². The molecule has 0 spiro atoms. The van der Waals surface area contributed by atoms with Crippen LogP contribution >= 0.6 is 0 Å². The fourth-order valence-electron chi connectivity index (χ4n) is 1.68. The summed E-state index contributed by atoms with van der Waals surface area (Å²) in [6, 6.07) is 3.45. The number of carbonyl (C=O) groups is 2. The van der Waals surface area contributed by atoms with Crippen LogP contribution in [0, 0.1) is 0 Å². The fourth-order valence-corrected chi connectivity index (χ4v) is 1.68. The highest BCUT2D eigenvalue weighted by atomic mass is 16.2. The Kier molecular flexibility index (Phi) is 4.68. The number of likely N-dealkylation sites (N-methyl/N-ethyl adjacent to an activating group) is 1. The van der Waals surface area contributed by atoms with E-state index in [9.17, 15) is 9.59 Å². The molecule has 2 amide bonds. The molecule has 0 aromatic carbocycles. The molecule has 20 heavy (non-hydrogen) atoms. The zero-order valence-corrected chi connectivity index (χ0v) is 11.8. The Bertz CT molecular complexity index is 498. The van der Waals surface area contributed by atoms with Crippen LogP contribution in [-0.4, -0.2) is 54.9 Å². The zero-order valence-electron chi connectivity index (χ0n) is 11.8. The summed E-state index contributed by atoms with van der Waals surface area (Å²) in [4.78, 5) is 29.8. The van der Waals surface area contributed by atoms with Gasteiger partial charge in [-0.05, 0) is 39.1 Å². The van der Waals surface area contributed by atoms with Crippen LogP contribution in [-0.2, 0) is 0 Å². The van der Waals surface area contributed by atoms with E-state index in [2.05, 4.69) is 15.6 Å². The summed E-state index contributed by atoms with van der Waals surface area (Å²) in [5.74, 6) is -0.398. The van der Waals surface area contributed by atoms with Crippen molar-refractivity contribution in [2.45, 2.75) is 18.9 Å². The fraction of sp³-hybridized carbons (Fsp3) is 0.500. The molecule has 0 unspecified atom stereocenters. The van der Waals surface area contributed by atoms with Crippen molar-refractivity contribution < 1.29 is 9.59 Å². The van der Waals surface area contributed by atoms with Crippen LogP contribution in [0.15, 0.2) is 18.3 Å². The molecule has 6 heteroatoms. The lowest BCUT2D eigenvalue weighted by Crippen LogP contribution is -2.32. The van der Waals surface area contributed by atoms with Gasteiger partial charge in [0.2, 0.25) is 0 Å². The summed E-state index contributed by atoms with van der Waals surface area (Å²) in [6.45, 7) is 1.31. The SMILES string of the molecule is CN(C)CCNC(=O)c1cc(C(=O)NC2CC2)ccn1. The Hall–Kier alpha value is -1.95. The molecular formula is C14H20N4O2. The van der Waals surface area contributed by atoms with Crippen molar-refractivity contribution in [3.05, 3.63) is 29.6 Å². The normalized spacial score (nSPS) is 14.2. The summed E-state index contributed by atoms with van der Waals surface area (Å²) in [5.41, 5.74) is 0.747. The maximum absolute atomic E-state index is 11.9. The number of amides is 2. The predicted molar refractivity (Wildman–Crippen MR) is 75.6 cm³/mol. The van der Waals surface area contributed by atoms with E-state index < -0.39 is 0 Å². The lowest BCUT2D eigenvalue weighted by Gasteiger charge is -2.10. The van der Waals surface area contributed by atoms with Crippen molar-refractivity contribution >= 4 is 11.8 Å². The molecule has 2 rings (SSSR count). The lowest BCUT2D eigenvalue weighted by atomic mass is 10.2. The molecule has 1 heterocycles.